The highest BCUT2D eigenvalue weighted by atomic mass is 28.4. The van der Waals surface area contributed by atoms with Gasteiger partial charge in [-0.15, -0.1) is 0 Å². The summed E-state index contributed by atoms with van der Waals surface area (Å²) >= 11 is 0. The lowest BCUT2D eigenvalue weighted by Gasteiger charge is -2.27. The third-order valence-corrected chi connectivity index (χ3v) is 7.08. The van der Waals surface area contributed by atoms with Crippen molar-refractivity contribution in [2.24, 2.45) is 0 Å². The van der Waals surface area contributed by atoms with E-state index < -0.39 is 8.56 Å². The average Bonchev–Trinajstić information content (AvgIpc) is 2.43. The highest BCUT2D eigenvalue weighted by molar-refractivity contribution is 6.67. The standard InChI is InChI=1S/C14H25NO2Si/c1-4-12-18(16-2,17-3)13-8-11-15-14-9-6-5-7-10-14/h5-7,9-10,15H,4,8,11-13H2,1-3H3. The summed E-state index contributed by atoms with van der Waals surface area (Å²) in [7, 11) is 1.65. The van der Waals surface area contributed by atoms with Gasteiger partial charge in [0.05, 0.1) is 0 Å². The Balaban J connectivity index is 2.31. The lowest BCUT2D eigenvalue weighted by atomic mass is 10.3. The summed E-state index contributed by atoms with van der Waals surface area (Å²) < 4.78 is 11.3. The molecule has 4 heteroatoms. The Morgan fingerprint density at radius 1 is 1.06 bits per heavy atom. The van der Waals surface area contributed by atoms with Crippen LogP contribution in [0.2, 0.25) is 12.1 Å². The number of anilines is 1. The van der Waals surface area contributed by atoms with E-state index in [-0.39, 0.29) is 0 Å². The Labute approximate surface area is 112 Å². The molecule has 18 heavy (non-hydrogen) atoms. The topological polar surface area (TPSA) is 30.5 Å². The van der Waals surface area contributed by atoms with Gasteiger partial charge < -0.3 is 14.2 Å². The fourth-order valence-corrected chi connectivity index (χ4v) is 4.85. The summed E-state index contributed by atoms with van der Waals surface area (Å²) in [5.74, 6) is 0. The fraction of sp³-hybridized carbons (Fsp3) is 0.571. The molecule has 0 atom stereocenters. The highest BCUT2D eigenvalue weighted by Crippen LogP contribution is 2.21. The van der Waals surface area contributed by atoms with Crippen LogP contribution in [0.5, 0.6) is 0 Å². The summed E-state index contributed by atoms with van der Waals surface area (Å²) in [6.45, 7) is 3.15. The van der Waals surface area contributed by atoms with Gasteiger partial charge in [-0.05, 0) is 30.6 Å². The number of hydrogen-bond donors (Lipinski definition) is 1. The Kier molecular flexibility index (Phi) is 7.01. The van der Waals surface area contributed by atoms with E-state index in [1.807, 2.05) is 18.2 Å². The molecule has 0 spiro atoms. The van der Waals surface area contributed by atoms with Crippen molar-refractivity contribution in [1.82, 2.24) is 0 Å². The van der Waals surface area contributed by atoms with E-state index in [4.69, 9.17) is 8.85 Å². The van der Waals surface area contributed by atoms with Crippen molar-refractivity contribution in [1.29, 1.82) is 0 Å². The molecule has 0 radical (unpaired) electrons. The summed E-state index contributed by atoms with van der Waals surface area (Å²) in [5, 5.41) is 3.42. The minimum absolute atomic E-state index is 0.967. The number of benzene rings is 1. The molecule has 3 nitrogen and oxygen atoms in total. The number of para-hydroxylation sites is 1. The van der Waals surface area contributed by atoms with Crippen molar-refractivity contribution in [2.75, 3.05) is 26.1 Å². The van der Waals surface area contributed by atoms with Crippen molar-refractivity contribution in [3.8, 4) is 0 Å². The van der Waals surface area contributed by atoms with Gasteiger partial charge in [-0.3, -0.25) is 0 Å². The van der Waals surface area contributed by atoms with Gasteiger partial charge in [0.15, 0.2) is 0 Å². The second-order valence-electron chi connectivity index (χ2n) is 4.47. The van der Waals surface area contributed by atoms with E-state index >= 15 is 0 Å². The molecule has 0 fully saturated rings. The minimum atomic E-state index is -1.92. The van der Waals surface area contributed by atoms with Gasteiger partial charge in [-0.25, -0.2) is 0 Å². The maximum absolute atomic E-state index is 5.67. The normalized spacial score (nSPS) is 11.5. The largest absolute Gasteiger partial charge is 0.398 e. The molecule has 0 unspecified atom stereocenters. The van der Waals surface area contributed by atoms with Crippen LogP contribution >= 0.6 is 0 Å². The first-order chi connectivity index (χ1) is 8.76. The Hall–Kier alpha value is -0.843. The summed E-state index contributed by atoms with van der Waals surface area (Å²) in [4.78, 5) is 0. The van der Waals surface area contributed by atoms with E-state index in [9.17, 15) is 0 Å². The molecule has 0 aliphatic heterocycles. The quantitative estimate of drug-likeness (QED) is 0.547. The zero-order valence-corrected chi connectivity index (χ0v) is 12.7. The van der Waals surface area contributed by atoms with Crippen LogP contribution in [0.25, 0.3) is 0 Å². The van der Waals surface area contributed by atoms with Crippen LogP contribution in [0.15, 0.2) is 30.3 Å². The number of hydrogen-bond acceptors (Lipinski definition) is 3. The molecule has 0 aromatic heterocycles. The summed E-state index contributed by atoms with van der Waals surface area (Å²) in [6, 6.07) is 12.4. The molecule has 0 amide bonds. The van der Waals surface area contributed by atoms with Crippen molar-refractivity contribution < 1.29 is 8.85 Å². The molecule has 0 aliphatic rings. The molecule has 0 aliphatic carbocycles. The SMILES string of the molecule is CCC[Si](CCCNc1ccccc1)(OC)OC. The van der Waals surface area contributed by atoms with Crippen LogP contribution in [0.3, 0.4) is 0 Å². The van der Waals surface area contributed by atoms with Crippen LogP contribution in [-0.2, 0) is 8.85 Å². The number of nitrogens with one attached hydrogen (secondary N) is 1. The molecule has 102 valence electrons. The first-order valence-corrected chi connectivity index (χ1v) is 8.88. The molecular formula is C14H25NO2Si. The second kappa shape index (κ2) is 8.29. The molecule has 1 aromatic carbocycles. The number of rotatable bonds is 9. The molecular weight excluding hydrogens is 242 g/mol. The second-order valence-corrected chi connectivity index (χ2v) is 8.10. The van der Waals surface area contributed by atoms with Crippen LogP contribution < -0.4 is 5.32 Å². The maximum Gasteiger partial charge on any atom is 0.337 e. The van der Waals surface area contributed by atoms with Gasteiger partial charge in [-0.2, -0.15) is 0 Å². The Morgan fingerprint density at radius 3 is 2.28 bits per heavy atom. The zero-order valence-electron chi connectivity index (χ0n) is 11.7. The van der Waals surface area contributed by atoms with Crippen LogP contribution in [0, 0.1) is 0 Å². The first kappa shape index (κ1) is 15.2. The van der Waals surface area contributed by atoms with Crippen molar-refractivity contribution in [3.63, 3.8) is 0 Å². The monoisotopic (exact) mass is 267 g/mol. The van der Waals surface area contributed by atoms with Crippen LogP contribution in [-0.4, -0.2) is 29.3 Å². The summed E-state index contributed by atoms with van der Waals surface area (Å²) in [6.07, 6.45) is 2.21. The molecule has 1 N–H and O–H groups in total. The van der Waals surface area contributed by atoms with Gasteiger partial charge in [0.25, 0.3) is 0 Å². The van der Waals surface area contributed by atoms with Gasteiger partial charge in [0.1, 0.15) is 0 Å². The van der Waals surface area contributed by atoms with Gasteiger partial charge in [-0.1, -0.05) is 31.5 Å². The van der Waals surface area contributed by atoms with Gasteiger partial charge in [0.2, 0.25) is 0 Å². The van der Waals surface area contributed by atoms with E-state index in [0.29, 0.717) is 0 Å². The van der Waals surface area contributed by atoms with E-state index in [1.54, 1.807) is 14.2 Å². The van der Waals surface area contributed by atoms with Gasteiger partial charge in [0, 0.05) is 26.5 Å². The van der Waals surface area contributed by atoms with Crippen molar-refractivity contribution >= 4 is 14.2 Å². The van der Waals surface area contributed by atoms with E-state index in [1.165, 1.54) is 5.69 Å². The predicted molar refractivity (Wildman–Crippen MR) is 79.2 cm³/mol. The van der Waals surface area contributed by atoms with E-state index in [0.717, 1.165) is 31.5 Å². The fourth-order valence-electron chi connectivity index (χ4n) is 2.14. The third kappa shape index (κ3) is 4.80. The van der Waals surface area contributed by atoms with Crippen LogP contribution in [0.1, 0.15) is 19.8 Å². The Bertz CT molecular complexity index is 315. The molecule has 0 heterocycles. The van der Waals surface area contributed by atoms with E-state index in [2.05, 4.69) is 24.4 Å². The lowest BCUT2D eigenvalue weighted by molar-refractivity contribution is 0.240. The average molecular weight is 267 g/mol. The minimum Gasteiger partial charge on any atom is -0.398 e. The molecule has 1 rings (SSSR count). The van der Waals surface area contributed by atoms with Crippen LogP contribution in [0.4, 0.5) is 5.69 Å². The highest BCUT2D eigenvalue weighted by Gasteiger charge is 2.33. The van der Waals surface area contributed by atoms with Gasteiger partial charge >= 0.3 is 8.56 Å². The smallest absolute Gasteiger partial charge is 0.337 e. The molecule has 0 bridgehead atoms. The lowest BCUT2D eigenvalue weighted by Crippen LogP contribution is -2.40. The van der Waals surface area contributed by atoms with Crippen molar-refractivity contribution in [3.05, 3.63) is 30.3 Å². The predicted octanol–water partition coefficient (Wildman–Crippen LogP) is 3.63. The maximum atomic E-state index is 5.67. The third-order valence-electron chi connectivity index (χ3n) is 3.21. The molecule has 1 aromatic rings. The molecule has 0 saturated carbocycles. The summed E-state index contributed by atoms with van der Waals surface area (Å²) in [5.41, 5.74) is 1.18. The molecule has 0 saturated heterocycles. The van der Waals surface area contributed by atoms with Crippen molar-refractivity contribution in [2.45, 2.75) is 31.9 Å². The Morgan fingerprint density at radius 2 is 1.72 bits per heavy atom. The zero-order chi connectivity index (χ0) is 13.3. The first-order valence-electron chi connectivity index (χ1n) is 6.65.